The van der Waals surface area contributed by atoms with Gasteiger partial charge in [0.1, 0.15) is 11.3 Å². The predicted octanol–water partition coefficient (Wildman–Crippen LogP) is 5.38. The molecule has 112 valence electrons. The van der Waals surface area contributed by atoms with Gasteiger partial charge in [-0.05, 0) is 29.1 Å². The van der Waals surface area contributed by atoms with E-state index in [9.17, 15) is 0 Å². The molecular weight excluding hydrogens is 300 g/mol. The average molecular weight is 316 g/mol. The molecule has 3 aromatic heterocycles. The molecule has 0 radical (unpaired) electrons. The van der Waals surface area contributed by atoms with Crippen molar-refractivity contribution in [2.45, 2.75) is 5.92 Å². The molecule has 3 heterocycles. The van der Waals surface area contributed by atoms with Crippen LogP contribution in [0.3, 0.4) is 0 Å². The van der Waals surface area contributed by atoms with E-state index in [2.05, 4.69) is 59.0 Å². The van der Waals surface area contributed by atoms with Crippen molar-refractivity contribution in [3.8, 4) is 10.6 Å². The fraction of sp³-hybridized carbons (Fsp3) is 0.0500. The Morgan fingerprint density at radius 3 is 2.57 bits per heavy atom. The van der Waals surface area contributed by atoms with Gasteiger partial charge in [-0.15, -0.1) is 17.9 Å². The number of fused-ring (bicyclic) bond motifs is 1. The van der Waals surface area contributed by atoms with Gasteiger partial charge in [0.25, 0.3) is 0 Å². The fourth-order valence-corrected chi connectivity index (χ4v) is 3.70. The lowest BCUT2D eigenvalue weighted by atomic mass is 9.94. The Balaban J connectivity index is 2.01. The minimum atomic E-state index is 0.102. The summed E-state index contributed by atoms with van der Waals surface area (Å²) in [6.07, 6.45) is 4.08. The second kappa shape index (κ2) is 5.86. The highest BCUT2D eigenvalue weighted by Crippen LogP contribution is 2.36. The van der Waals surface area contributed by atoms with Gasteiger partial charge < -0.3 is 4.40 Å². The van der Waals surface area contributed by atoms with Crippen LogP contribution >= 0.6 is 11.3 Å². The number of hydrogen-bond donors (Lipinski definition) is 0. The molecule has 3 heteroatoms. The Bertz CT molecular complexity index is 936. The van der Waals surface area contributed by atoms with Gasteiger partial charge >= 0.3 is 0 Å². The highest BCUT2D eigenvalue weighted by atomic mass is 32.1. The number of thiophene rings is 1. The minimum absolute atomic E-state index is 0.102. The average Bonchev–Trinajstić information content (AvgIpc) is 3.25. The second-order valence-corrected chi connectivity index (χ2v) is 6.32. The van der Waals surface area contributed by atoms with E-state index in [1.807, 2.05) is 30.3 Å². The molecule has 0 saturated carbocycles. The molecule has 0 N–H and O–H groups in total. The van der Waals surface area contributed by atoms with Crippen LogP contribution in [0.5, 0.6) is 0 Å². The number of rotatable bonds is 4. The van der Waals surface area contributed by atoms with Crippen LogP contribution in [0.4, 0.5) is 0 Å². The lowest BCUT2D eigenvalue weighted by molar-refractivity contribution is 0.933. The first kappa shape index (κ1) is 14.0. The number of allylic oxidation sites excluding steroid dienone is 1. The smallest absolute Gasteiger partial charge is 0.137 e. The number of imidazole rings is 1. The molecule has 0 amide bonds. The van der Waals surface area contributed by atoms with Crippen LogP contribution in [-0.4, -0.2) is 9.38 Å². The molecule has 0 spiro atoms. The van der Waals surface area contributed by atoms with Gasteiger partial charge in [-0.1, -0.05) is 48.5 Å². The van der Waals surface area contributed by atoms with Crippen molar-refractivity contribution in [2.75, 3.05) is 0 Å². The second-order valence-electron chi connectivity index (χ2n) is 5.38. The van der Waals surface area contributed by atoms with Crippen LogP contribution in [0.2, 0.25) is 0 Å². The van der Waals surface area contributed by atoms with E-state index < -0.39 is 0 Å². The summed E-state index contributed by atoms with van der Waals surface area (Å²) in [6.45, 7) is 4.08. The Kier molecular flexibility index (Phi) is 3.56. The molecule has 4 rings (SSSR count). The van der Waals surface area contributed by atoms with Crippen LogP contribution in [-0.2, 0) is 0 Å². The third-order valence-corrected chi connectivity index (χ3v) is 4.89. The summed E-state index contributed by atoms with van der Waals surface area (Å²) < 4.78 is 2.17. The molecule has 1 aromatic carbocycles. The van der Waals surface area contributed by atoms with Crippen LogP contribution in [0, 0.1) is 0 Å². The van der Waals surface area contributed by atoms with Gasteiger partial charge in [-0.25, -0.2) is 4.98 Å². The maximum atomic E-state index is 4.88. The van der Waals surface area contributed by atoms with Gasteiger partial charge in [-0.3, -0.25) is 0 Å². The van der Waals surface area contributed by atoms with Crippen molar-refractivity contribution in [3.05, 3.63) is 96.2 Å². The SMILES string of the molecule is C=CC(c1ccccc1)c1c(-c2cccs2)nc2ccccn12. The molecule has 0 aliphatic heterocycles. The number of aromatic nitrogens is 2. The maximum Gasteiger partial charge on any atom is 0.137 e. The molecule has 0 saturated heterocycles. The van der Waals surface area contributed by atoms with Crippen molar-refractivity contribution >= 4 is 17.0 Å². The van der Waals surface area contributed by atoms with E-state index in [1.165, 1.54) is 16.1 Å². The lowest BCUT2D eigenvalue weighted by Gasteiger charge is -2.15. The molecule has 2 nitrogen and oxygen atoms in total. The predicted molar refractivity (Wildman–Crippen MR) is 97.0 cm³/mol. The standard InChI is InChI=1S/C20H16N2S/c1-2-16(15-9-4-3-5-10-15)20-19(17-11-8-14-23-17)21-18-12-6-7-13-22(18)20/h2-14,16H,1H2. The molecule has 0 aliphatic carbocycles. The minimum Gasteiger partial charge on any atom is -0.302 e. The third-order valence-electron chi connectivity index (χ3n) is 4.01. The van der Waals surface area contributed by atoms with Crippen LogP contribution < -0.4 is 0 Å². The first-order valence-corrected chi connectivity index (χ1v) is 8.45. The summed E-state index contributed by atoms with van der Waals surface area (Å²) in [5, 5.41) is 2.09. The van der Waals surface area contributed by atoms with Gasteiger partial charge in [0.05, 0.1) is 10.6 Å². The Morgan fingerprint density at radius 2 is 1.83 bits per heavy atom. The van der Waals surface area contributed by atoms with Crippen molar-refractivity contribution in [1.82, 2.24) is 9.38 Å². The Morgan fingerprint density at radius 1 is 1.00 bits per heavy atom. The van der Waals surface area contributed by atoms with Crippen molar-refractivity contribution in [3.63, 3.8) is 0 Å². The van der Waals surface area contributed by atoms with E-state index >= 15 is 0 Å². The lowest BCUT2D eigenvalue weighted by Crippen LogP contribution is -2.03. The normalized spacial score (nSPS) is 12.3. The van der Waals surface area contributed by atoms with Crippen molar-refractivity contribution in [2.24, 2.45) is 0 Å². The van der Waals surface area contributed by atoms with Crippen LogP contribution in [0.25, 0.3) is 16.2 Å². The molecule has 1 unspecified atom stereocenters. The van der Waals surface area contributed by atoms with Crippen molar-refractivity contribution < 1.29 is 0 Å². The molecule has 4 aromatic rings. The molecule has 0 aliphatic rings. The van der Waals surface area contributed by atoms with Gasteiger partial charge in [0.2, 0.25) is 0 Å². The number of hydrogen-bond acceptors (Lipinski definition) is 2. The van der Waals surface area contributed by atoms with E-state index in [4.69, 9.17) is 4.98 Å². The van der Waals surface area contributed by atoms with Gasteiger partial charge in [-0.2, -0.15) is 0 Å². The Labute approximate surface area is 139 Å². The highest BCUT2D eigenvalue weighted by Gasteiger charge is 2.22. The summed E-state index contributed by atoms with van der Waals surface area (Å²) in [6, 6.07) is 20.8. The quantitative estimate of drug-likeness (QED) is 0.462. The van der Waals surface area contributed by atoms with E-state index in [-0.39, 0.29) is 5.92 Å². The number of benzene rings is 1. The topological polar surface area (TPSA) is 17.3 Å². The van der Waals surface area contributed by atoms with Crippen LogP contribution in [0.15, 0.2) is 84.9 Å². The van der Waals surface area contributed by atoms with E-state index in [0.717, 1.165) is 11.3 Å². The van der Waals surface area contributed by atoms with Crippen LogP contribution in [0.1, 0.15) is 17.2 Å². The molecule has 0 fully saturated rings. The van der Waals surface area contributed by atoms with Gasteiger partial charge in [0, 0.05) is 12.1 Å². The first-order chi connectivity index (χ1) is 11.4. The number of pyridine rings is 1. The molecule has 23 heavy (non-hydrogen) atoms. The fourth-order valence-electron chi connectivity index (χ4n) is 2.97. The molecule has 0 bridgehead atoms. The largest absolute Gasteiger partial charge is 0.302 e. The summed E-state index contributed by atoms with van der Waals surface area (Å²) in [5.74, 6) is 0.102. The molecule has 1 atom stereocenters. The zero-order chi connectivity index (χ0) is 15.6. The molecular formula is C20H16N2S. The highest BCUT2D eigenvalue weighted by molar-refractivity contribution is 7.13. The number of nitrogens with zero attached hydrogens (tertiary/aromatic N) is 2. The monoisotopic (exact) mass is 316 g/mol. The maximum absolute atomic E-state index is 4.88. The summed E-state index contributed by atoms with van der Waals surface area (Å²) >= 11 is 1.72. The summed E-state index contributed by atoms with van der Waals surface area (Å²) in [7, 11) is 0. The summed E-state index contributed by atoms with van der Waals surface area (Å²) in [5.41, 5.74) is 4.41. The van der Waals surface area contributed by atoms with Crippen molar-refractivity contribution in [1.29, 1.82) is 0 Å². The summed E-state index contributed by atoms with van der Waals surface area (Å²) in [4.78, 5) is 6.06. The van der Waals surface area contributed by atoms with Gasteiger partial charge in [0.15, 0.2) is 0 Å². The Hall–Kier alpha value is -2.65. The zero-order valence-corrected chi connectivity index (χ0v) is 13.4. The third kappa shape index (κ3) is 2.39. The van der Waals surface area contributed by atoms with E-state index in [1.54, 1.807) is 11.3 Å². The van der Waals surface area contributed by atoms with E-state index in [0.29, 0.717) is 0 Å². The first-order valence-electron chi connectivity index (χ1n) is 7.57. The zero-order valence-electron chi connectivity index (χ0n) is 12.6.